The Morgan fingerprint density at radius 2 is 0.831 bits per heavy atom. The molecule has 0 fully saturated rings. The fourth-order valence-corrected chi connectivity index (χ4v) is 5.19. The molecule has 0 heterocycles. The normalized spacial score (nSPS) is 10.7. The van der Waals surface area contributed by atoms with E-state index in [-0.39, 0.29) is 63.8 Å². The molecule has 0 saturated carbocycles. The van der Waals surface area contributed by atoms with Gasteiger partial charge in [0, 0.05) is 12.2 Å². The maximum absolute atomic E-state index is 14.8. The van der Waals surface area contributed by atoms with Gasteiger partial charge in [0.15, 0.2) is 0 Å². The van der Waals surface area contributed by atoms with Crippen LogP contribution in [0.15, 0.2) is 110 Å². The Labute approximate surface area is 339 Å². The molecule has 0 radical (unpaired) electrons. The van der Waals surface area contributed by atoms with Gasteiger partial charge in [-0.3, -0.25) is 0 Å². The summed E-state index contributed by atoms with van der Waals surface area (Å²) in [5.74, 6) is -3.65. The summed E-state index contributed by atoms with van der Waals surface area (Å²) < 4.78 is 119. The Morgan fingerprint density at radius 1 is 0.525 bits per heavy atom. The molecule has 0 amide bonds. The van der Waals surface area contributed by atoms with Crippen LogP contribution >= 0.6 is 0 Å². The highest BCUT2D eigenvalue weighted by molar-refractivity contribution is 5.93. The summed E-state index contributed by atoms with van der Waals surface area (Å²) >= 11 is 0. The van der Waals surface area contributed by atoms with Crippen LogP contribution in [0.25, 0.3) is 0 Å². The quantitative estimate of drug-likeness (QED) is 0.0399. The zero-order valence-corrected chi connectivity index (χ0v) is 28.9. The van der Waals surface area contributed by atoms with Crippen LogP contribution < -0.4 is 18.9 Å². The van der Waals surface area contributed by atoms with Crippen molar-refractivity contribution in [2.75, 3.05) is 13.6 Å². The monoisotopic (exact) mass is 836 g/mol. The SMILES string of the molecule is C.C.C.C.C=CC(=O)OCOc1ccc(C(=O)Oc2ccc(C(c3ccc(OC(=O)c4ccc(OCOC(=O)C=C)cc4C)cc3)(C(F)(F)F)C(F)(F)F)cc2)c(C)c1. The third-order valence-electron chi connectivity index (χ3n) is 7.87. The van der Waals surface area contributed by atoms with Crippen molar-refractivity contribution in [1.82, 2.24) is 0 Å². The molecule has 0 saturated heterocycles. The number of alkyl halides is 6. The number of carbonyl (C=O) groups excluding carboxylic acids is 4. The largest absolute Gasteiger partial charge is 0.457 e. The maximum atomic E-state index is 14.8. The van der Waals surface area contributed by atoms with Crippen molar-refractivity contribution in [3.63, 3.8) is 0 Å². The lowest BCUT2D eigenvalue weighted by molar-refractivity contribution is -0.288. The van der Waals surface area contributed by atoms with E-state index < -0.39 is 66.4 Å². The van der Waals surface area contributed by atoms with Crippen LogP contribution in [0.1, 0.15) is 72.7 Å². The van der Waals surface area contributed by atoms with Crippen molar-refractivity contribution in [2.24, 2.45) is 0 Å². The number of esters is 4. The van der Waals surface area contributed by atoms with E-state index >= 15 is 0 Å². The van der Waals surface area contributed by atoms with Gasteiger partial charge in [-0.25, -0.2) is 19.2 Å². The molecule has 4 rings (SSSR count). The molecule has 59 heavy (non-hydrogen) atoms. The molecule has 4 aromatic carbocycles. The molecule has 4 aromatic rings. The van der Waals surface area contributed by atoms with Gasteiger partial charge in [0.25, 0.3) is 0 Å². The van der Waals surface area contributed by atoms with Gasteiger partial charge < -0.3 is 28.4 Å². The molecule has 0 atom stereocenters. The van der Waals surface area contributed by atoms with E-state index in [0.717, 1.165) is 36.4 Å². The van der Waals surface area contributed by atoms with Crippen LogP contribution in [0.4, 0.5) is 26.3 Å². The number of hydrogen-bond acceptors (Lipinski definition) is 10. The van der Waals surface area contributed by atoms with Crippen molar-refractivity contribution < 1.29 is 73.9 Å². The molecule has 10 nitrogen and oxygen atoms in total. The zero-order chi connectivity index (χ0) is 40.6. The standard InChI is InChI=1S/C39H30F6O10.4CH4/c1-5-33(46)52-21-50-29-15-17-31(23(3)19-29)35(48)54-27-11-7-25(8-12-27)37(38(40,41)42,39(43,44)45)26-9-13-28(14-10-26)55-36(49)32-18-16-30(20-24(32)4)51-22-53-34(47)6-2;;;;/h5-20H,1-2,21-22H2,3-4H3;4*1H4. The Balaban J connectivity index is 0.00000841. The molecular formula is C43H46F6O10. The Kier molecular flexibility index (Phi) is 19.4. The minimum Gasteiger partial charge on any atom is -0.457 e. The molecule has 0 aromatic heterocycles. The summed E-state index contributed by atoms with van der Waals surface area (Å²) in [4.78, 5) is 48.0. The highest BCUT2D eigenvalue weighted by Crippen LogP contribution is 2.56. The van der Waals surface area contributed by atoms with Gasteiger partial charge >= 0.3 is 36.2 Å². The minimum atomic E-state index is -5.93. The average molecular weight is 837 g/mol. The van der Waals surface area contributed by atoms with Crippen LogP contribution in [0.3, 0.4) is 0 Å². The second-order valence-corrected chi connectivity index (χ2v) is 11.4. The second kappa shape index (κ2) is 21.8. The highest BCUT2D eigenvalue weighted by atomic mass is 19.4. The highest BCUT2D eigenvalue weighted by Gasteiger charge is 2.72. The summed E-state index contributed by atoms with van der Waals surface area (Å²) in [6.07, 6.45) is -10.00. The second-order valence-electron chi connectivity index (χ2n) is 11.4. The molecule has 0 N–H and O–H groups in total. The number of ether oxygens (including phenoxy) is 6. The van der Waals surface area contributed by atoms with Crippen LogP contribution in [0.2, 0.25) is 0 Å². The Hall–Kier alpha value is -6.58. The van der Waals surface area contributed by atoms with Gasteiger partial charge in [-0.1, -0.05) is 67.1 Å². The van der Waals surface area contributed by atoms with E-state index in [1.54, 1.807) is 0 Å². The fourth-order valence-electron chi connectivity index (χ4n) is 5.19. The average Bonchev–Trinajstić information content (AvgIpc) is 3.12. The molecule has 0 aliphatic heterocycles. The van der Waals surface area contributed by atoms with Gasteiger partial charge in [-0.2, -0.15) is 26.3 Å². The number of aryl methyl sites for hydroxylation is 2. The predicted octanol–water partition coefficient (Wildman–Crippen LogP) is 10.8. The van der Waals surface area contributed by atoms with Crippen LogP contribution in [-0.2, 0) is 24.5 Å². The maximum Gasteiger partial charge on any atom is 0.411 e. The van der Waals surface area contributed by atoms with Gasteiger partial charge in [0.1, 0.15) is 23.0 Å². The summed E-state index contributed by atoms with van der Waals surface area (Å²) in [5, 5.41) is 0. The Morgan fingerprint density at radius 3 is 1.10 bits per heavy atom. The number of carbonyl (C=O) groups is 4. The third kappa shape index (κ3) is 12.2. The number of halogens is 6. The van der Waals surface area contributed by atoms with Gasteiger partial charge in [0.05, 0.1) is 11.1 Å². The summed E-state index contributed by atoms with van der Waals surface area (Å²) in [7, 11) is 0. The van der Waals surface area contributed by atoms with Crippen LogP contribution in [0.5, 0.6) is 23.0 Å². The first kappa shape index (κ1) is 52.4. The lowest BCUT2D eigenvalue weighted by Gasteiger charge is -2.38. The molecular weight excluding hydrogens is 790 g/mol. The van der Waals surface area contributed by atoms with Crippen molar-refractivity contribution in [2.45, 2.75) is 61.3 Å². The lowest BCUT2D eigenvalue weighted by atomic mass is 9.73. The molecule has 0 spiro atoms. The van der Waals surface area contributed by atoms with E-state index in [1.165, 1.54) is 50.2 Å². The van der Waals surface area contributed by atoms with E-state index in [0.29, 0.717) is 35.4 Å². The van der Waals surface area contributed by atoms with Gasteiger partial charge in [-0.15, -0.1) is 0 Å². The van der Waals surface area contributed by atoms with Crippen molar-refractivity contribution in [3.05, 3.63) is 144 Å². The summed E-state index contributed by atoms with van der Waals surface area (Å²) in [6.45, 7) is 8.63. The van der Waals surface area contributed by atoms with E-state index in [2.05, 4.69) is 13.2 Å². The number of benzene rings is 4. The van der Waals surface area contributed by atoms with Gasteiger partial charge in [0.2, 0.25) is 19.0 Å². The molecule has 320 valence electrons. The van der Waals surface area contributed by atoms with Crippen molar-refractivity contribution in [3.8, 4) is 23.0 Å². The van der Waals surface area contributed by atoms with E-state index in [4.69, 9.17) is 28.4 Å². The van der Waals surface area contributed by atoms with Crippen molar-refractivity contribution in [1.29, 1.82) is 0 Å². The molecule has 0 aliphatic rings. The first-order chi connectivity index (χ1) is 25.9. The van der Waals surface area contributed by atoms with Crippen LogP contribution in [0, 0.1) is 13.8 Å². The minimum absolute atomic E-state index is 0. The lowest BCUT2D eigenvalue weighted by Crippen LogP contribution is -2.54. The predicted molar refractivity (Wildman–Crippen MR) is 209 cm³/mol. The number of hydrogen-bond donors (Lipinski definition) is 0. The van der Waals surface area contributed by atoms with Crippen LogP contribution in [-0.4, -0.2) is 49.8 Å². The third-order valence-corrected chi connectivity index (χ3v) is 7.87. The molecule has 0 bridgehead atoms. The first-order valence-corrected chi connectivity index (χ1v) is 15.8. The number of rotatable bonds is 14. The van der Waals surface area contributed by atoms with Crippen molar-refractivity contribution >= 4 is 23.9 Å². The first-order valence-electron chi connectivity index (χ1n) is 15.8. The molecule has 16 heteroatoms. The summed E-state index contributed by atoms with van der Waals surface area (Å²) in [6, 6.07) is 13.5. The summed E-state index contributed by atoms with van der Waals surface area (Å²) in [5.41, 5.74) is -6.34. The zero-order valence-electron chi connectivity index (χ0n) is 28.9. The molecule has 0 aliphatic carbocycles. The van der Waals surface area contributed by atoms with Gasteiger partial charge in [-0.05, 0) is 96.8 Å². The van der Waals surface area contributed by atoms with E-state index in [1.807, 2.05) is 0 Å². The molecule has 0 unspecified atom stereocenters. The topological polar surface area (TPSA) is 124 Å². The smallest absolute Gasteiger partial charge is 0.411 e. The fraction of sp³-hybridized carbons (Fsp3) is 0.256. The van der Waals surface area contributed by atoms with E-state index in [9.17, 15) is 45.5 Å². The Bertz CT molecular complexity index is 1920.